The molecule has 40 heavy (non-hydrogen) atoms. The Morgan fingerprint density at radius 2 is 1.80 bits per heavy atom. The summed E-state index contributed by atoms with van der Waals surface area (Å²) in [5.41, 5.74) is 5.23. The lowest BCUT2D eigenvalue weighted by Gasteiger charge is -2.30. The zero-order valence-corrected chi connectivity index (χ0v) is 22.5. The number of aliphatic hydroxyl groups excluding tert-OH is 1. The number of carbonyl (C=O) groups is 2. The monoisotopic (exact) mass is 535 g/mol. The predicted octanol–water partition coefficient (Wildman–Crippen LogP) is 4.20. The highest BCUT2D eigenvalue weighted by atomic mass is 16.5. The van der Waals surface area contributed by atoms with Crippen molar-refractivity contribution in [3.8, 4) is 5.75 Å². The number of nitrogens with one attached hydrogen (secondary N) is 2. The third-order valence-corrected chi connectivity index (χ3v) is 7.87. The maximum atomic E-state index is 13.3. The predicted molar refractivity (Wildman–Crippen MR) is 154 cm³/mol. The van der Waals surface area contributed by atoms with E-state index >= 15 is 0 Å². The van der Waals surface area contributed by atoms with Gasteiger partial charge in [0, 0.05) is 37.8 Å². The Morgan fingerprint density at radius 3 is 2.62 bits per heavy atom. The fourth-order valence-corrected chi connectivity index (χ4v) is 5.73. The van der Waals surface area contributed by atoms with Gasteiger partial charge in [-0.25, -0.2) is 0 Å². The minimum absolute atomic E-state index is 0.0739. The molecule has 0 fully saturated rings. The van der Waals surface area contributed by atoms with Gasteiger partial charge in [0.05, 0.1) is 18.3 Å². The van der Waals surface area contributed by atoms with Crippen LogP contribution in [0.4, 0.5) is 0 Å². The third kappa shape index (κ3) is 5.18. The van der Waals surface area contributed by atoms with Gasteiger partial charge in [0.1, 0.15) is 5.75 Å². The van der Waals surface area contributed by atoms with E-state index in [2.05, 4.69) is 47.0 Å². The number of benzene rings is 4. The van der Waals surface area contributed by atoms with Crippen molar-refractivity contribution in [2.45, 2.75) is 45.1 Å². The number of aliphatic hydroxyl groups is 1. The first-order chi connectivity index (χ1) is 19.5. The van der Waals surface area contributed by atoms with Gasteiger partial charge < -0.3 is 25.4 Å². The van der Waals surface area contributed by atoms with E-state index in [0.29, 0.717) is 49.5 Å². The van der Waals surface area contributed by atoms with Crippen LogP contribution in [0.2, 0.25) is 0 Å². The van der Waals surface area contributed by atoms with E-state index in [1.54, 1.807) is 17.0 Å². The van der Waals surface area contributed by atoms with Crippen LogP contribution in [-0.2, 0) is 26.1 Å². The van der Waals surface area contributed by atoms with E-state index in [1.165, 1.54) is 11.1 Å². The molecule has 0 bridgehead atoms. The van der Waals surface area contributed by atoms with Crippen LogP contribution in [0.3, 0.4) is 0 Å². The Balaban J connectivity index is 1.15. The van der Waals surface area contributed by atoms with Gasteiger partial charge in [-0.05, 0) is 64.6 Å². The molecule has 2 aliphatic rings. The van der Waals surface area contributed by atoms with Crippen LogP contribution in [0.1, 0.15) is 49.9 Å². The number of ether oxygens (including phenoxy) is 1. The minimum Gasteiger partial charge on any atom is -0.493 e. The summed E-state index contributed by atoms with van der Waals surface area (Å²) in [7, 11) is 0. The van der Waals surface area contributed by atoms with Gasteiger partial charge in [-0.15, -0.1) is 0 Å². The standard InChI is InChI=1S/C33H33N3O4/c1-2-40-31-16-27-26(20-36(33(27)39)19-21-11-12-22-7-3-4-8-23(22)13-21)14-28(31)32(38)35-18-30(37)29-15-24-9-5-6-10-25(24)17-34-29/h3-14,16,29-30,34,37H,2,15,17-20H2,1H3,(H,35,38)/t29-,30?/m0/s1. The van der Waals surface area contributed by atoms with E-state index in [0.717, 1.165) is 21.9 Å². The van der Waals surface area contributed by atoms with Crippen LogP contribution in [0.15, 0.2) is 78.9 Å². The van der Waals surface area contributed by atoms with Gasteiger partial charge in [0.25, 0.3) is 11.8 Å². The average Bonchev–Trinajstić information content (AvgIpc) is 3.28. The van der Waals surface area contributed by atoms with Gasteiger partial charge in [-0.1, -0.05) is 60.7 Å². The molecule has 6 rings (SSSR count). The summed E-state index contributed by atoms with van der Waals surface area (Å²) in [6, 6.07) is 25.9. The Bertz CT molecular complexity index is 1580. The summed E-state index contributed by atoms with van der Waals surface area (Å²) in [6.45, 7) is 3.90. The van der Waals surface area contributed by atoms with Gasteiger partial charge >= 0.3 is 0 Å². The molecule has 4 aromatic rings. The Hall–Kier alpha value is -4.20. The van der Waals surface area contributed by atoms with E-state index in [9.17, 15) is 14.7 Å². The molecule has 3 N–H and O–H groups in total. The van der Waals surface area contributed by atoms with Crippen LogP contribution >= 0.6 is 0 Å². The molecule has 0 saturated carbocycles. The SMILES string of the molecule is CCOc1cc2c(cc1C(=O)NCC(O)[C@@H]1Cc3ccccc3CN1)CN(Cc1ccc3ccccc3c1)C2=O. The van der Waals surface area contributed by atoms with Crippen LogP contribution in [-0.4, -0.2) is 47.1 Å². The zero-order chi connectivity index (χ0) is 27.6. The lowest BCUT2D eigenvalue weighted by molar-refractivity contribution is 0.0766. The van der Waals surface area contributed by atoms with Gasteiger partial charge in [-0.3, -0.25) is 9.59 Å². The highest BCUT2D eigenvalue weighted by Crippen LogP contribution is 2.32. The van der Waals surface area contributed by atoms with Crippen molar-refractivity contribution in [3.63, 3.8) is 0 Å². The lowest BCUT2D eigenvalue weighted by Crippen LogP contribution is -2.49. The molecule has 0 spiro atoms. The second-order valence-corrected chi connectivity index (χ2v) is 10.5. The number of fused-ring (bicyclic) bond motifs is 3. The number of nitrogens with zero attached hydrogens (tertiary/aromatic N) is 1. The summed E-state index contributed by atoms with van der Waals surface area (Å²) in [5, 5.41) is 19.4. The summed E-state index contributed by atoms with van der Waals surface area (Å²) in [6.07, 6.45) is -0.0490. The molecule has 0 aliphatic carbocycles. The molecule has 0 saturated heterocycles. The summed E-state index contributed by atoms with van der Waals surface area (Å²) in [4.78, 5) is 28.4. The van der Waals surface area contributed by atoms with Crippen molar-refractivity contribution in [3.05, 3.63) is 112 Å². The van der Waals surface area contributed by atoms with Gasteiger partial charge in [0.2, 0.25) is 0 Å². The molecule has 2 aliphatic heterocycles. The number of amides is 2. The Kier molecular flexibility index (Phi) is 7.24. The number of hydrogen-bond donors (Lipinski definition) is 3. The van der Waals surface area contributed by atoms with Crippen LogP contribution in [0.5, 0.6) is 5.75 Å². The first-order valence-corrected chi connectivity index (χ1v) is 13.8. The highest BCUT2D eigenvalue weighted by Gasteiger charge is 2.31. The highest BCUT2D eigenvalue weighted by molar-refractivity contribution is 6.03. The van der Waals surface area contributed by atoms with Crippen molar-refractivity contribution in [2.24, 2.45) is 0 Å². The quantitative estimate of drug-likeness (QED) is 0.315. The molecule has 0 aromatic heterocycles. The van der Waals surface area contributed by atoms with Crippen molar-refractivity contribution >= 4 is 22.6 Å². The molecule has 2 amide bonds. The van der Waals surface area contributed by atoms with Gasteiger partial charge in [0.15, 0.2) is 0 Å². The second-order valence-electron chi connectivity index (χ2n) is 10.5. The van der Waals surface area contributed by atoms with Gasteiger partial charge in [-0.2, -0.15) is 0 Å². The molecule has 2 heterocycles. The number of carbonyl (C=O) groups excluding carboxylic acids is 2. The van der Waals surface area contributed by atoms with E-state index in [1.807, 2.05) is 37.3 Å². The minimum atomic E-state index is -0.749. The van der Waals surface area contributed by atoms with Crippen LogP contribution in [0.25, 0.3) is 10.8 Å². The second kappa shape index (κ2) is 11.1. The maximum Gasteiger partial charge on any atom is 0.255 e. The molecule has 204 valence electrons. The topological polar surface area (TPSA) is 90.9 Å². The first-order valence-electron chi connectivity index (χ1n) is 13.8. The largest absolute Gasteiger partial charge is 0.493 e. The molecular weight excluding hydrogens is 502 g/mol. The van der Waals surface area contributed by atoms with Crippen molar-refractivity contribution in [2.75, 3.05) is 13.2 Å². The van der Waals surface area contributed by atoms with Crippen molar-refractivity contribution in [1.29, 1.82) is 0 Å². The van der Waals surface area contributed by atoms with Crippen molar-refractivity contribution < 1.29 is 19.4 Å². The van der Waals surface area contributed by atoms with Crippen molar-refractivity contribution in [1.82, 2.24) is 15.5 Å². The summed E-state index contributed by atoms with van der Waals surface area (Å²) < 4.78 is 5.79. The van der Waals surface area contributed by atoms with Crippen LogP contribution < -0.4 is 15.4 Å². The summed E-state index contributed by atoms with van der Waals surface area (Å²) in [5.74, 6) is -0.0315. The maximum absolute atomic E-state index is 13.3. The summed E-state index contributed by atoms with van der Waals surface area (Å²) >= 11 is 0. The number of rotatable bonds is 8. The van der Waals surface area contributed by atoms with E-state index in [-0.39, 0.29) is 24.4 Å². The third-order valence-electron chi connectivity index (χ3n) is 7.87. The first kappa shape index (κ1) is 26.0. The molecule has 0 radical (unpaired) electrons. The number of hydrogen-bond acceptors (Lipinski definition) is 5. The molecule has 7 heteroatoms. The molecule has 2 atom stereocenters. The lowest BCUT2D eigenvalue weighted by atomic mass is 9.93. The Labute approximate surface area is 233 Å². The Morgan fingerprint density at radius 1 is 1.02 bits per heavy atom. The molecule has 7 nitrogen and oxygen atoms in total. The smallest absolute Gasteiger partial charge is 0.255 e. The van der Waals surface area contributed by atoms with E-state index in [4.69, 9.17) is 4.74 Å². The molecule has 4 aromatic carbocycles. The fourth-order valence-electron chi connectivity index (χ4n) is 5.73. The fraction of sp³-hybridized carbons (Fsp3) is 0.273. The van der Waals surface area contributed by atoms with Crippen LogP contribution in [0, 0.1) is 0 Å². The van der Waals surface area contributed by atoms with E-state index < -0.39 is 6.10 Å². The average molecular weight is 536 g/mol. The molecular formula is C33H33N3O4. The normalized spacial score (nSPS) is 16.9. The molecule has 1 unspecified atom stereocenters. The zero-order valence-electron chi connectivity index (χ0n) is 22.5.